The van der Waals surface area contributed by atoms with Crippen molar-refractivity contribution in [3.63, 3.8) is 0 Å². The molecule has 2 aromatic carbocycles. The molecular formula is C24H23N3O4. The number of aromatic nitrogens is 1. The Morgan fingerprint density at radius 1 is 1.19 bits per heavy atom. The van der Waals surface area contributed by atoms with E-state index in [1.54, 1.807) is 30.3 Å². The minimum absolute atomic E-state index is 0.392. The van der Waals surface area contributed by atoms with Crippen LogP contribution in [-0.4, -0.2) is 29.7 Å². The standard InChI is InChI=1S/C24H23N3O4/c1-17(24(29)26-20-9-4-6-11-22(20)30-2)31-23(28)13-12-18-16-27(15-7-14-25)21-10-5-3-8-19(18)21/h3-6,8-13,16-17H,7,15H2,1-2H3,(H,26,29)/b13-12+/t17-/m1/s1. The maximum atomic E-state index is 12.4. The van der Waals surface area contributed by atoms with Crippen LogP contribution in [0.1, 0.15) is 18.9 Å². The van der Waals surface area contributed by atoms with Gasteiger partial charge in [-0.05, 0) is 31.2 Å². The molecule has 0 saturated heterocycles. The number of methoxy groups -OCH3 is 1. The summed E-state index contributed by atoms with van der Waals surface area (Å²) in [6.07, 6.45) is 4.24. The Hall–Kier alpha value is -4.05. The van der Waals surface area contributed by atoms with Gasteiger partial charge in [0.15, 0.2) is 6.10 Å². The zero-order valence-corrected chi connectivity index (χ0v) is 17.4. The SMILES string of the molecule is COc1ccccc1NC(=O)[C@@H](C)OC(=O)/C=C/c1cn(CCC#N)c2ccccc12. The molecule has 3 rings (SSSR count). The van der Waals surface area contributed by atoms with Crippen LogP contribution in [0, 0.1) is 11.3 Å². The number of fused-ring (bicyclic) bond motifs is 1. The normalized spacial score (nSPS) is 11.8. The summed E-state index contributed by atoms with van der Waals surface area (Å²) in [6, 6.07) is 16.9. The second-order valence-electron chi connectivity index (χ2n) is 6.81. The van der Waals surface area contributed by atoms with Crippen molar-refractivity contribution in [2.24, 2.45) is 0 Å². The molecule has 1 aromatic heterocycles. The van der Waals surface area contributed by atoms with Crippen molar-refractivity contribution in [3.05, 3.63) is 66.4 Å². The molecule has 0 aliphatic rings. The number of carbonyl (C=O) groups excluding carboxylic acids is 2. The zero-order valence-electron chi connectivity index (χ0n) is 17.4. The second kappa shape index (κ2) is 10.1. The summed E-state index contributed by atoms with van der Waals surface area (Å²) in [5.74, 6) is -0.571. The highest BCUT2D eigenvalue weighted by Crippen LogP contribution is 2.24. The van der Waals surface area contributed by atoms with Gasteiger partial charge >= 0.3 is 5.97 Å². The molecule has 0 unspecified atom stereocenters. The van der Waals surface area contributed by atoms with Gasteiger partial charge in [-0.1, -0.05) is 30.3 Å². The number of ether oxygens (including phenoxy) is 2. The molecule has 1 amide bonds. The molecule has 0 bridgehead atoms. The first kappa shape index (κ1) is 21.7. The van der Waals surface area contributed by atoms with Gasteiger partial charge in [-0.2, -0.15) is 5.26 Å². The summed E-state index contributed by atoms with van der Waals surface area (Å²) in [4.78, 5) is 24.6. The molecule has 1 atom stereocenters. The highest BCUT2D eigenvalue weighted by molar-refractivity contribution is 5.98. The van der Waals surface area contributed by atoms with Crippen LogP contribution in [0.15, 0.2) is 60.8 Å². The minimum Gasteiger partial charge on any atom is -0.495 e. The van der Waals surface area contributed by atoms with E-state index in [4.69, 9.17) is 14.7 Å². The molecule has 3 aromatic rings. The molecule has 1 N–H and O–H groups in total. The van der Waals surface area contributed by atoms with Gasteiger partial charge in [-0.15, -0.1) is 0 Å². The first-order valence-corrected chi connectivity index (χ1v) is 9.81. The van der Waals surface area contributed by atoms with E-state index in [2.05, 4.69) is 11.4 Å². The molecular weight excluding hydrogens is 394 g/mol. The minimum atomic E-state index is -0.987. The lowest BCUT2D eigenvalue weighted by Gasteiger charge is -2.14. The maximum absolute atomic E-state index is 12.4. The fourth-order valence-corrected chi connectivity index (χ4v) is 3.17. The molecule has 158 valence electrons. The van der Waals surface area contributed by atoms with Gasteiger partial charge in [0, 0.05) is 35.3 Å². The van der Waals surface area contributed by atoms with Gasteiger partial charge in [0.05, 0.1) is 25.3 Å². The third-order valence-electron chi connectivity index (χ3n) is 4.71. The van der Waals surface area contributed by atoms with Crippen LogP contribution in [0.2, 0.25) is 0 Å². The molecule has 1 heterocycles. The summed E-state index contributed by atoms with van der Waals surface area (Å²) >= 11 is 0. The first-order valence-electron chi connectivity index (χ1n) is 9.81. The average Bonchev–Trinajstić information content (AvgIpc) is 3.14. The number of nitriles is 1. The maximum Gasteiger partial charge on any atom is 0.331 e. The van der Waals surface area contributed by atoms with Gasteiger partial charge in [0.2, 0.25) is 0 Å². The zero-order chi connectivity index (χ0) is 22.2. The van der Waals surface area contributed by atoms with Gasteiger partial charge in [0.25, 0.3) is 5.91 Å². The molecule has 7 nitrogen and oxygen atoms in total. The van der Waals surface area contributed by atoms with Crippen LogP contribution in [0.4, 0.5) is 5.69 Å². The third-order valence-corrected chi connectivity index (χ3v) is 4.71. The van der Waals surface area contributed by atoms with Gasteiger partial charge in [-0.25, -0.2) is 4.79 Å². The number of rotatable bonds is 8. The van der Waals surface area contributed by atoms with Crippen molar-refractivity contribution in [1.82, 2.24) is 4.57 Å². The van der Waals surface area contributed by atoms with Crippen LogP contribution >= 0.6 is 0 Å². The lowest BCUT2D eigenvalue weighted by atomic mass is 10.1. The molecule has 0 aliphatic carbocycles. The first-order chi connectivity index (χ1) is 15.0. The number of nitrogens with zero attached hydrogens (tertiary/aromatic N) is 2. The number of hydrogen-bond donors (Lipinski definition) is 1. The molecule has 0 fully saturated rings. The quantitative estimate of drug-likeness (QED) is 0.439. The molecule has 0 aliphatic heterocycles. The predicted octanol–water partition coefficient (Wildman–Crippen LogP) is 4.15. The van der Waals surface area contributed by atoms with Crippen molar-refractivity contribution in [2.75, 3.05) is 12.4 Å². The van der Waals surface area contributed by atoms with Gasteiger partial charge < -0.3 is 19.4 Å². The largest absolute Gasteiger partial charge is 0.495 e. The van der Waals surface area contributed by atoms with Crippen molar-refractivity contribution < 1.29 is 19.1 Å². The topological polar surface area (TPSA) is 93.3 Å². The Morgan fingerprint density at radius 2 is 1.94 bits per heavy atom. The predicted molar refractivity (Wildman–Crippen MR) is 118 cm³/mol. The number of aryl methyl sites for hydroxylation is 1. The van der Waals surface area contributed by atoms with E-state index in [9.17, 15) is 9.59 Å². The van der Waals surface area contributed by atoms with Crippen LogP contribution in [0.5, 0.6) is 5.75 Å². The smallest absolute Gasteiger partial charge is 0.331 e. The number of hydrogen-bond acceptors (Lipinski definition) is 5. The number of para-hydroxylation sites is 3. The summed E-state index contributed by atoms with van der Waals surface area (Å²) in [6.45, 7) is 2.07. The Labute approximate surface area is 180 Å². The molecule has 0 saturated carbocycles. The fraction of sp³-hybridized carbons (Fsp3) is 0.208. The monoisotopic (exact) mass is 417 g/mol. The lowest BCUT2D eigenvalue weighted by Crippen LogP contribution is -2.29. The summed E-state index contributed by atoms with van der Waals surface area (Å²) in [5, 5.41) is 12.5. The van der Waals surface area contributed by atoms with Crippen LogP contribution < -0.4 is 10.1 Å². The van der Waals surface area contributed by atoms with Crippen LogP contribution in [0.3, 0.4) is 0 Å². The molecule has 31 heavy (non-hydrogen) atoms. The van der Waals surface area contributed by atoms with Crippen molar-refractivity contribution >= 4 is 34.5 Å². The van der Waals surface area contributed by atoms with Crippen LogP contribution in [-0.2, 0) is 20.9 Å². The molecule has 0 spiro atoms. The fourth-order valence-electron chi connectivity index (χ4n) is 3.17. The van der Waals surface area contributed by atoms with Crippen molar-refractivity contribution in [1.29, 1.82) is 5.26 Å². The number of esters is 1. The Bertz CT molecular complexity index is 1160. The Morgan fingerprint density at radius 3 is 2.71 bits per heavy atom. The van der Waals surface area contributed by atoms with E-state index in [1.165, 1.54) is 20.1 Å². The number of carbonyl (C=O) groups is 2. The van der Waals surface area contributed by atoms with Crippen molar-refractivity contribution in [3.8, 4) is 11.8 Å². The number of benzene rings is 2. The van der Waals surface area contributed by atoms with Gasteiger partial charge in [0.1, 0.15) is 5.75 Å². The molecule has 7 heteroatoms. The van der Waals surface area contributed by atoms with E-state index in [0.717, 1.165) is 16.5 Å². The van der Waals surface area contributed by atoms with Crippen molar-refractivity contribution in [2.45, 2.75) is 26.0 Å². The number of amides is 1. The number of anilines is 1. The Kier molecular flexibility index (Phi) is 7.07. The number of nitrogens with one attached hydrogen (secondary N) is 1. The summed E-state index contributed by atoms with van der Waals surface area (Å²) in [7, 11) is 1.51. The van der Waals surface area contributed by atoms with E-state index < -0.39 is 18.0 Å². The third kappa shape index (κ3) is 5.31. The second-order valence-corrected chi connectivity index (χ2v) is 6.81. The highest BCUT2D eigenvalue weighted by atomic mass is 16.5. The van der Waals surface area contributed by atoms with E-state index in [1.807, 2.05) is 35.0 Å². The van der Waals surface area contributed by atoms with E-state index in [0.29, 0.717) is 24.4 Å². The average molecular weight is 417 g/mol. The van der Waals surface area contributed by atoms with Gasteiger partial charge in [-0.3, -0.25) is 4.79 Å². The highest BCUT2D eigenvalue weighted by Gasteiger charge is 2.18. The summed E-state index contributed by atoms with van der Waals surface area (Å²) < 4.78 is 12.4. The van der Waals surface area contributed by atoms with E-state index in [-0.39, 0.29) is 0 Å². The summed E-state index contributed by atoms with van der Waals surface area (Å²) in [5.41, 5.74) is 2.31. The lowest BCUT2D eigenvalue weighted by molar-refractivity contribution is -0.148. The Balaban J connectivity index is 1.66. The molecule has 0 radical (unpaired) electrons. The van der Waals surface area contributed by atoms with Crippen LogP contribution in [0.25, 0.3) is 17.0 Å². The van der Waals surface area contributed by atoms with E-state index >= 15 is 0 Å².